The summed E-state index contributed by atoms with van der Waals surface area (Å²) in [5.74, 6) is -1.17. The van der Waals surface area contributed by atoms with Crippen molar-refractivity contribution in [3.05, 3.63) is 88.4 Å². The number of nitrogens with zero attached hydrogens (tertiary/aromatic N) is 2. The zero-order valence-corrected chi connectivity index (χ0v) is 25.1. The highest BCUT2D eigenvalue weighted by molar-refractivity contribution is 7.92. The quantitative estimate of drug-likeness (QED) is 0.309. The van der Waals surface area contributed by atoms with E-state index in [0.717, 1.165) is 5.56 Å². The number of fused-ring (bicyclic) bond motifs is 1. The number of halogens is 1. The second-order valence-electron chi connectivity index (χ2n) is 10.6. The summed E-state index contributed by atoms with van der Waals surface area (Å²) in [7, 11) is -2.03. The molecule has 3 aromatic carbocycles. The molecule has 3 N–H and O–H groups in total. The molecule has 0 spiro atoms. The van der Waals surface area contributed by atoms with E-state index in [-0.39, 0.29) is 46.2 Å². The molecule has 1 aliphatic heterocycles. The molecule has 0 unspecified atom stereocenters. The summed E-state index contributed by atoms with van der Waals surface area (Å²) in [5, 5.41) is 19.5. The Morgan fingerprint density at radius 2 is 1.81 bits per heavy atom. The van der Waals surface area contributed by atoms with Gasteiger partial charge in [-0.15, -0.1) is 0 Å². The third kappa shape index (κ3) is 7.40. The number of carboxylic acids is 1. The van der Waals surface area contributed by atoms with Gasteiger partial charge in [-0.25, -0.2) is 13.2 Å². The Morgan fingerprint density at radius 3 is 2.43 bits per heavy atom. The number of hydrogen-bond acceptors (Lipinski definition) is 7. The molecule has 3 aromatic rings. The molecule has 0 bridgehead atoms. The SMILES string of the molecule is C[C@H](CO)N1C[C@H](C)[C@H](CN(C)Cc2ccc(C(=O)O)cc2)Oc2ccc(NS(=O)(=O)c3ccc(Cl)cc3)cc2C1=O. The number of hydrogen-bond donors (Lipinski definition) is 3. The fourth-order valence-electron chi connectivity index (χ4n) is 4.77. The summed E-state index contributed by atoms with van der Waals surface area (Å²) >= 11 is 5.90. The van der Waals surface area contributed by atoms with Crippen molar-refractivity contribution < 1.29 is 33.0 Å². The number of aliphatic hydroxyl groups excluding tert-OH is 1. The predicted molar refractivity (Wildman–Crippen MR) is 160 cm³/mol. The highest BCUT2D eigenvalue weighted by Gasteiger charge is 2.33. The molecule has 0 saturated heterocycles. The molecule has 0 aromatic heterocycles. The first-order chi connectivity index (χ1) is 19.9. The molecule has 4 rings (SSSR count). The molecule has 10 nitrogen and oxygen atoms in total. The number of aliphatic hydroxyl groups is 1. The van der Waals surface area contributed by atoms with Crippen LogP contribution in [0.3, 0.4) is 0 Å². The Bertz CT molecular complexity index is 1530. The summed E-state index contributed by atoms with van der Waals surface area (Å²) < 4.78 is 34.9. The molecule has 0 saturated carbocycles. The van der Waals surface area contributed by atoms with Gasteiger partial charge in [-0.1, -0.05) is 30.7 Å². The molecule has 0 aliphatic carbocycles. The second kappa shape index (κ2) is 13.1. The van der Waals surface area contributed by atoms with Crippen LogP contribution in [0.1, 0.15) is 40.1 Å². The summed E-state index contributed by atoms with van der Waals surface area (Å²) in [4.78, 5) is 28.5. The van der Waals surface area contributed by atoms with Gasteiger partial charge in [-0.2, -0.15) is 0 Å². The Morgan fingerprint density at radius 1 is 1.14 bits per heavy atom. The maximum atomic E-state index is 13.7. The minimum absolute atomic E-state index is 0.0197. The van der Waals surface area contributed by atoms with E-state index in [9.17, 15) is 23.1 Å². The predicted octanol–water partition coefficient (Wildman–Crippen LogP) is 4.19. The van der Waals surface area contributed by atoms with Gasteiger partial charge >= 0.3 is 5.97 Å². The van der Waals surface area contributed by atoms with Gasteiger partial charge in [0.15, 0.2) is 0 Å². The molecule has 224 valence electrons. The lowest BCUT2D eigenvalue weighted by Crippen LogP contribution is -2.49. The maximum Gasteiger partial charge on any atom is 0.335 e. The van der Waals surface area contributed by atoms with Crippen LogP contribution in [0.2, 0.25) is 5.02 Å². The van der Waals surface area contributed by atoms with Gasteiger partial charge in [0.1, 0.15) is 11.9 Å². The molecular formula is C30H34ClN3O7S. The van der Waals surface area contributed by atoms with E-state index in [0.29, 0.717) is 30.4 Å². The van der Waals surface area contributed by atoms with Crippen molar-refractivity contribution in [1.82, 2.24) is 9.80 Å². The van der Waals surface area contributed by atoms with Crippen LogP contribution in [0.5, 0.6) is 5.75 Å². The topological polar surface area (TPSA) is 136 Å². The van der Waals surface area contributed by atoms with E-state index in [1.54, 1.807) is 42.2 Å². The zero-order valence-electron chi connectivity index (χ0n) is 23.5. The minimum Gasteiger partial charge on any atom is -0.488 e. The van der Waals surface area contributed by atoms with Gasteiger partial charge in [0.25, 0.3) is 15.9 Å². The standard InChI is InChI=1S/C30H34ClN3O7S/c1-19-15-34(20(2)18-35)29(36)26-14-24(32-42(39,40)25-11-8-23(31)9-12-25)10-13-27(26)41-28(19)17-33(3)16-21-4-6-22(7-5-21)30(37)38/h4-14,19-20,28,32,35H,15-18H2,1-3H3,(H,37,38)/t19-,20+,28-/m0/s1. The largest absolute Gasteiger partial charge is 0.488 e. The lowest BCUT2D eigenvalue weighted by molar-refractivity contribution is 0.0341. The number of nitrogens with one attached hydrogen (secondary N) is 1. The third-order valence-electron chi connectivity index (χ3n) is 7.19. The lowest BCUT2D eigenvalue weighted by Gasteiger charge is -2.38. The number of sulfonamides is 1. The molecule has 12 heteroatoms. The lowest BCUT2D eigenvalue weighted by atomic mass is 9.99. The summed E-state index contributed by atoms with van der Waals surface area (Å²) in [6.45, 7) is 4.83. The number of anilines is 1. The van der Waals surface area contributed by atoms with E-state index in [2.05, 4.69) is 9.62 Å². The number of carboxylic acid groups (broad SMARTS) is 1. The first-order valence-electron chi connectivity index (χ1n) is 13.4. The number of aromatic carboxylic acids is 1. The van der Waals surface area contributed by atoms with Crippen molar-refractivity contribution in [3.63, 3.8) is 0 Å². The van der Waals surface area contributed by atoms with Crippen LogP contribution in [0.25, 0.3) is 0 Å². The highest BCUT2D eigenvalue weighted by Crippen LogP contribution is 2.31. The van der Waals surface area contributed by atoms with E-state index < -0.39 is 22.0 Å². The Balaban J connectivity index is 1.60. The Hall–Kier alpha value is -3.64. The summed E-state index contributed by atoms with van der Waals surface area (Å²) in [6.07, 6.45) is -0.356. The highest BCUT2D eigenvalue weighted by atomic mass is 35.5. The molecule has 1 aliphatic rings. The summed E-state index contributed by atoms with van der Waals surface area (Å²) in [5.41, 5.74) is 1.51. The third-order valence-corrected chi connectivity index (χ3v) is 8.84. The number of carbonyl (C=O) groups is 2. The van der Waals surface area contributed by atoms with Crippen LogP contribution in [0, 0.1) is 5.92 Å². The molecule has 0 radical (unpaired) electrons. The van der Waals surface area contributed by atoms with E-state index in [4.69, 9.17) is 21.4 Å². The first-order valence-corrected chi connectivity index (χ1v) is 15.3. The van der Waals surface area contributed by atoms with Crippen molar-refractivity contribution in [1.29, 1.82) is 0 Å². The number of rotatable bonds is 10. The first kappa shape index (κ1) is 31.3. The molecule has 1 heterocycles. The monoisotopic (exact) mass is 615 g/mol. The van der Waals surface area contributed by atoms with Gasteiger partial charge in [0.05, 0.1) is 28.7 Å². The smallest absolute Gasteiger partial charge is 0.335 e. The molecule has 3 atom stereocenters. The summed E-state index contributed by atoms with van der Waals surface area (Å²) in [6, 6.07) is 16.5. The Kier molecular flexibility index (Phi) is 9.78. The van der Waals surface area contributed by atoms with Gasteiger partial charge in [-0.05, 0) is 74.1 Å². The van der Waals surface area contributed by atoms with E-state index >= 15 is 0 Å². The van der Waals surface area contributed by atoms with Crippen LogP contribution >= 0.6 is 11.6 Å². The van der Waals surface area contributed by atoms with Gasteiger partial charge < -0.3 is 19.8 Å². The van der Waals surface area contributed by atoms with Crippen molar-refractivity contribution in [3.8, 4) is 5.75 Å². The maximum absolute atomic E-state index is 13.7. The van der Waals surface area contributed by atoms with Crippen LogP contribution in [0.15, 0.2) is 71.6 Å². The minimum atomic E-state index is -3.95. The Labute approximate surface area is 250 Å². The number of ether oxygens (including phenoxy) is 1. The zero-order chi connectivity index (χ0) is 30.6. The van der Waals surface area contributed by atoms with Crippen molar-refractivity contribution in [2.75, 3.05) is 31.5 Å². The molecule has 1 amide bonds. The van der Waals surface area contributed by atoms with Gasteiger partial charge in [-0.3, -0.25) is 14.4 Å². The molecule has 42 heavy (non-hydrogen) atoms. The number of likely N-dealkylation sites (N-methyl/N-ethyl adjacent to an activating group) is 1. The fourth-order valence-corrected chi connectivity index (χ4v) is 5.94. The van der Waals surface area contributed by atoms with Crippen LogP contribution in [-0.2, 0) is 16.6 Å². The van der Waals surface area contributed by atoms with Gasteiger partial charge in [0, 0.05) is 36.3 Å². The van der Waals surface area contributed by atoms with Gasteiger partial charge in [0.2, 0.25) is 0 Å². The molecular weight excluding hydrogens is 582 g/mol. The normalized spacial score (nSPS) is 18.0. The number of amides is 1. The van der Waals surface area contributed by atoms with Crippen molar-refractivity contribution in [2.45, 2.75) is 37.4 Å². The fraction of sp³-hybridized carbons (Fsp3) is 0.333. The second-order valence-corrected chi connectivity index (χ2v) is 12.7. The average Bonchev–Trinajstić information content (AvgIpc) is 2.95. The number of benzene rings is 3. The van der Waals surface area contributed by atoms with Crippen molar-refractivity contribution in [2.24, 2.45) is 5.92 Å². The average molecular weight is 616 g/mol. The van der Waals surface area contributed by atoms with E-state index in [1.165, 1.54) is 36.4 Å². The van der Waals surface area contributed by atoms with Crippen molar-refractivity contribution >= 4 is 39.2 Å². The molecule has 0 fully saturated rings. The van der Waals surface area contributed by atoms with Crippen LogP contribution in [-0.4, -0.2) is 79.2 Å². The van der Waals surface area contributed by atoms with Crippen LogP contribution in [0.4, 0.5) is 5.69 Å². The van der Waals surface area contributed by atoms with E-state index in [1.807, 2.05) is 14.0 Å². The van der Waals surface area contributed by atoms with Crippen LogP contribution < -0.4 is 9.46 Å². The number of carbonyl (C=O) groups excluding carboxylic acids is 1.